The van der Waals surface area contributed by atoms with Crippen LogP contribution in [0, 0.1) is 5.92 Å². The quantitative estimate of drug-likeness (QED) is 0.474. The molecular formula is C23H22ClN3O5S. The van der Waals surface area contributed by atoms with E-state index in [1.165, 1.54) is 61.0 Å². The lowest BCUT2D eigenvalue weighted by molar-refractivity contribution is -0.126. The Balaban J connectivity index is 1.35. The molecule has 2 aliphatic rings. The summed E-state index contributed by atoms with van der Waals surface area (Å²) in [6.07, 6.45) is 6.38. The normalized spacial score (nSPS) is 20.5. The summed E-state index contributed by atoms with van der Waals surface area (Å²) in [4.78, 5) is 25.0. The van der Waals surface area contributed by atoms with Gasteiger partial charge in [-0.3, -0.25) is 14.3 Å². The third kappa shape index (κ3) is 5.43. The van der Waals surface area contributed by atoms with Gasteiger partial charge in [-0.15, -0.1) is 0 Å². The molecule has 0 bridgehead atoms. The van der Waals surface area contributed by atoms with Gasteiger partial charge in [-0.2, -0.15) is 5.10 Å². The average Bonchev–Trinajstić information content (AvgIpc) is 2.81. The molecule has 172 valence electrons. The Morgan fingerprint density at radius 1 is 1.06 bits per heavy atom. The first-order chi connectivity index (χ1) is 15.8. The van der Waals surface area contributed by atoms with E-state index in [2.05, 4.69) is 15.2 Å². The Morgan fingerprint density at radius 2 is 1.76 bits per heavy atom. The molecule has 1 saturated carbocycles. The predicted octanol–water partition coefficient (Wildman–Crippen LogP) is 3.90. The Hall–Kier alpha value is -3.17. The minimum absolute atomic E-state index is 0.0127. The minimum atomic E-state index is -3.79. The second-order valence-electron chi connectivity index (χ2n) is 7.84. The summed E-state index contributed by atoms with van der Waals surface area (Å²) in [5.41, 5.74) is 3.26. The Kier molecular flexibility index (Phi) is 6.80. The average molecular weight is 488 g/mol. The Morgan fingerprint density at radius 3 is 2.48 bits per heavy atom. The van der Waals surface area contributed by atoms with E-state index in [0.29, 0.717) is 16.3 Å². The number of ketones is 1. The monoisotopic (exact) mass is 487 g/mol. The molecule has 2 aromatic rings. The van der Waals surface area contributed by atoms with Crippen LogP contribution < -0.4 is 10.1 Å². The number of nitrogens with zero attached hydrogens (tertiary/aromatic N) is 1. The van der Waals surface area contributed by atoms with Crippen LogP contribution in [0.3, 0.4) is 0 Å². The Labute approximate surface area is 196 Å². The van der Waals surface area contributed by atoms with Crippen molar-refractivity contribution in [3.05, 3.63) is 71.0 Å². The molecule has 2 aromatic carbocycles. The standard InChI is InChI=1S/C23H22ClN3O5S/c24-17-7-11-19(12-8-17)33(30,31)27-18-9-5-15(6-10-18)23(29)26-25-13-16-14-32-21-4-2-1-3-20(21)22(16)28/h5-14,20-21,27H,1-4H2,(H,26,29)/b25-13+. The number of rotatable bonds is 6. The first-order valence-corrected chi connectivity index (χ1v) is 12.3. The molecule has 2 N–H and O–H groups in total. The number of anilines is 1. The van der Waals surface area contributed by atoms with Crippen molar-refractivity contribution in [1.82, 2.24) is 5.43 Å². The summed E-state index contributed by atoms with van der Waals surface area (Å²) >= 11 is 5.79. The maximum atomic E-state index is 12.6. The number of Topliss-reactive ketones (excluding diaryl/α,β-unsaturated/α-hetero) is 1. The smallest absolute Gasteiger partial charge is 0.271 e. The molecule has 1 fully saturated rings. The van der Waals surface area contributed by atoms with E-state index in [1.807, 2.05) is 0 Å². The summed E-state index contributed by atoms with van der Waals surface area (Å²) in [5.74, 6) is -0.662. The first-order valence-electron chi connectivity index (χ1n) is 10.5. The predicted molar refractivity (Wildman–Crippen MR) is 125 cm³/mol. The lowest BCUT2D eigenvalue weighted by Crippen LogP contribution is -2.37. The number of amides is 1. The fourth-order valence-corrected chi connectivity index (χ4v) is 5.01. The fourth-order valence-electron chi connectivity index (χ4n) is 3.83. The van der Waals surface area contributed by atoms with E-state index in [-0.39, 0.29) is 28.3 Å². The van der Waals surface area contributed by atoms with Crippen LogP contribution in [-0.4, -0.2) is 32.4 Å². The minimum Gasteiger partial charge on any atom is -0.496 e. The second kappa shape index (κ2) is 9.76. The zero-order valence-electron chi connectivity index (χ0n) is 17.5. The van der Waals surface area contributed by atoms with Crippen molar-refractivity contribution in [2.45, 2.75) is 36.7 Å². The summed E-state index contributed by atoms with van der Waals surface area (Å²) in [7, 11) is -3.79. The number of allylic oxidation sites excluding steroid dienone is 1. The van der Waals surface area contributed by atoms with Gasteiger partial charge >= 0.3 is 0 Å². The number of ether oxygens (including phenoxy) is 1. The van der Waals surface area contributed by atoms with Gasteiger partial charge in [0.25, 0.3) is 15.9 Å². The second-order valence-corrected chi connectivity index (χ2v) is 9.96. The highest BCUT2D eigenvalue weighted by Gasteiger charge is 2.36. The van der Waals surface area contributed by atoms with Gasteiger partial charge in [0.15, 0.2) is 5.78 Å². The lowest BCUT2D eigenvalue weighted by atomic mass is 9.80. The topological polar surface area (TPSA) is 114 Å². The number of carbonyl (C=O) groups excluding carboxylic acids is 2. The van der Waals surface area contributed by atoms with Crippen molar-refractivity contribution in [3.63, 3.8) is 0 Å². The van der Waals surface area contributed by atoms with Crippen molar-refractivity contribution >= 4 is 45.2 Å². The molecule has 1 aliphatic heterocycles. The van der Waals surface area contributed by atoms with Crippen LogP contribution in [0.2, 0.25) is 5.02 Å². The van der Waals surface area contributed by atoms with Gasteiger partial charge in [-0.25, -0.2) is 13.8 Å². The summed E-state index contributed by atoms with van der Waals surface area (Å²) < 4.78 is 33.0. The summed E-state index contributed by atoms with van der Waals surface area (Å²) in [6.45, 7) is 0. The number of hydrogen-bond acceptors (Lipinski definition) is 6. The number of sulfonamides is 1. The number of fused-ring (bicyclic) bond motifs is 1. The zero-order valence-corrected chi connectivity index (χ0v) is 19.1. The Bertz CT molecular complexity index is 1210. The molecular weight excluding hydrogens is 466 g/mol. The van der Waals surface area contributed by atoms with Crippen molar-refractivity contribution in [2.24, 2.45) is 11.0 Å². The van der Waals surface area contributed by atoms with Crippen LogP contribution in [0.15, 0.2) is 70.4 Å². The van der Waals surface area contributed by atoms with Gasteiger partial charge in [0.05, 0.1) is 28.9 Å². The number of carbonyl (C=O) groups is 2. The molecule has 0 spiro atoms. The van der Waals surface area contributed by atoms with E-state index < -0.39 is 15.9 Å². The van der Waals surface area contributed by atoms with E-state index in [1.54, 1.807) is 0 Å². The summed E-state index contributed by atoms with van der Waals surface area (Å²) in [6, 6.07) is 11.6. The number of hydrazone groups is 1. The maximum Gasteiger partial charge on any atom is 0.271 e. The highest BCUT2D eigenvalue weighted by atomic mass is 35.5. The van der Waals surface area contributed by atoms with Gasteiger partial charge in [0.2, 0.25) is 0 Å². The molecule has 10 heteroatoms. The zero-order chi connectivity index (χ0) is 23.4. The molecule has 0 saturated heterocycles. The summed E-state index contributed by atoms with van der Waals surface area (Å²) in [5, 5.41) is 4.30. The molecule has 2 atom stereocenters. The highest BCUT2D eigenvalue weighted by molar-refractivity contribution is 7.92. The van der Waals surface area contributed by atoms with Gasteiger partial charge in [-0.1, -0.05) is 18.0 Å². The molecule has 8 nitrogen and oxygen atoms in total. The molecule has 1 amide bonds. The van der Waals surface area contributed by atoms with Crippen molar-refractivity contribution in [2.75, 3.05) is 4.72 Å². The van der Waals surface area contributed by atoms with Gasteiger partial charge in [0, 0.05) is 16.3 Å². The van der Waals surface area contributed by atoms with Gasteiger partial charge < -0.3 is 4.74 Å². The third-order valence-corrected chi connectivity index (χ3v) is 7.24. The van der Waals surface area contributed by atoms with Crippen LogP contribution >= 0.6 is 11.6 Å². The SMILES string of the molecule is O=C(N/N=C/C1=COC2CCCCC2C1=O)c1ccc(NS(=O)(=O)c2ccc(Cl)cc2)cc1. The molecule has 4 rings (SSSR count). The molecule has 2 unspecified atom stereocenters. The first kappa shape index (κ1) is 23.0. The van der Waals surface area contributed by atoms with Crippen LogP contribution in [0.4, 0.5) is 5.69 Å². The fraction of sp³-hybridized carbons (Fsp3) is 0.261. The highest BCUT2D eigenvalue weighted by Crippen LogP contribution is 2.32. The van der Waals surface area contributed by atoms with E-state index in [0.717, 1.165) is 25.7 Å². The number of halogens is 1. The van der Waals surface area contributed by atoms with E-state index in [9.17, 15) is 18.0 Å². The molecule has 0 aromatic heterocycles. The largest absolute Gasteiger partial charge is 0.496 e. The lowest BCUT2D eigenvalue weighted by Gasteiger charge is -2.33. The maximum absolute atomic E-state index is 12.6. The van der Waals surface area contributed by atoms with Crippen molar-refractivity contribution in [3.8, 4) is 0 Å². The van der Waals surface area contributed by atoms with Crippen LogP contribution in [0.25, 0.3) is 0 Å². The molecule has 1 aliphatic carbocycles. The van der Waals surface area contributed by atoms with Crippen molar-refractivity contribution < 1.29 is 22.7 Å². The van der Waals surface area contributed by atoms with Gasteiger partial charge in [-0.05, 0) is 67.8 Å². The van der Waals surface area contributed by atoms with Crippen LogP contribution in [0.1, 0.15) is 36.0 Å². The number of hydrogen-bond donors (Lipinski definition) is 2. The van der Waals surface area contributed by atoms with Crippen molar-refractivity contribution in [1.29, 1.82) is 0 Å². The molecule has 33 heavy (non-hydrogen) atoms. The number of benzene rings is 2. The van der Waals surface area contributed by atoms with E-state index >= 15 is 0 Å². The van der Waals surface area contributed by atoms with E-state index in [4.69, 9.17) is 16.3 Å². The molecule has 0 radical (unpaired) electrons. The van der Waals surface area contributed by atoms with Crippen LogP contribution in [-0.2, 0) is 19.6 Å². The van der Waals surface area contributed by atoms with Crippen LogP contribution in [0.5, 0.6) is 0 Å². The van der Waals surface area contributed by atoms with Gasteiger partial charge in [0.1, 0.15) is 6.10 Å². The molecule has 1 heterocycles. The number of nitrogens with one attached hydrogen (secondary N) is 2. The third-order valence-electron chi connectivity index (χ3n) is 5.59.